The smallest absolute Gasteiger partial charge is 0.344 e. The molecule has 2 N–H and O–H groups in total. The van der Waals surface area contributed by atoms with E-state index in [4.69, 9.17) is 4.74 Å². The maximum Gasteiger partial charge on any atom is 0.344 e. The molecule has 1 aromatic carbocycles. The topological polar surface area (TPSA) is 66.8 Å². The number of phenolic OH excluding ortho intramolecular Hbond substituents is 2. The number of fused-ring (bicyclic) bond motifs is 1. The van der Waals surface area contributed by atoms with Gasteiger partial charge in [0.1, 0.15) is 5.76 Å². The first-order valence-electron chi connectivity index (χ1n) is 5.04. The number of benzene rings is 1. The third kappa shape index (κ3) is 1.34. The molecule has 0 aromatic heterocycles. The summed E-state index contributed by atoms with van der Waals surface area (Å²) in [5, 5.41) is 19.0. The van der Waals surface area contributed by atoms with Crippen LogP contribution in [0.25, 0.3) is 5.76 Å². The van der Waals surface area contributed by atoms with Crippen molar-refractivity contribution in [3.63, 3.8) is 0 Å². The Morgan fingerprint density at radius 1 is 1.44 bits per heavy atom. The number of carbonyl (C=O) groups is 1. The molecule has 1 aliphatic heterocycles. The highest BCUT2D eigenvalue weighted by atomic mass is 16.5. The van der Waals surface area contributed by atoms with Crippen molar-refractivity contribution < 1.29 is 19.7 Å². The van der Waals surface area contributed by atoms with Crippen molar-refractivity contribution in [2.24, 2.45) is 0 Å². The Bertz CT molecular complexity index is 500. The van der Waals surface area contributed by atoms with Gasteiger partial charge >= 0.3 is 5.97 Å². The molecule has 2 rings (SSSR count). The van der Waals surface area contributed by atoms with Crippen LogP contribution in [0.15, 0.2) is 12.1 Å². The van der Waals surface area contributed by atoms with Gasteiger partial charge in [-0.2, -0.15) is 0 Å². The quantitative estimate of drug-likeness (QED) is 0.563. The molecule has 0 atom stereocenters. The van der Waals surface area contributed by atoms with Crippen LogP contribution >= 0.6 is 0 Å². The monoisotopic (exact) mass is 220 g/mol. The molecule has 16 heavy (non-hydrogen) atoms. The zero-order chi connectivity index (χ0) is 11.9. The lowest BCUT2D eigenvalue weighted by atomic mass is 10.0. The second kappa shape index (κ2) is 3.56. The molecule has 1 heterocycles. The Hall–Kier alpha value is -1.97. The van der Waals surface area contributed by atoms with Crippen molar-refractivity contribution in [3.05, 3.63) is 28.8 Å². The largest absolute Gasteiger partial charge is 0.504 e. The van der Waals surface area contributed by atoms with E-state index in [0.717, 1.165) is 6.42 Å². The highest BCUT2D eigenvalue weighted by Crippen LogP contribution is 2.40. The van der Waals surface area contributed by atoms with Crippen LogP contribution in [0.3, 0.4) is 0 Å². The fourth-order valence-electron chi connectivity index (χ4n) is 1.79. The van der Waals surface area contributed by atoms with Gasteiger partial charge < -0.3 is 14.9 Å². The maximum absolute atomic E-state index is 11.6. The number of ether oxygens (including phenoxy) is 1. The summed E-state index contributed by atoms with van der Waals surface area (Å²) in [6, 6.07) is 1.35. The predicted molar refractivity (Wildman–Crippen MR) is 58.2 cm³/mol. The minimum atomic E-state index is -0.484. The summed E-state index contributed by atoms with van der Waals surface area (Å²) in [5.74, 6) is -0.548. The number of phenols is 2. The van der Waals surface area contributed by atoms with E-state index in [1.807, 2.05) is 6.92 Å². The first-order valence-corrected chi connectivity index (χ1v) is 5.04. The van der Waals surface area contributed by atoms with Crippen LogP contribution < -0.4 is 0 Å². The molecule has 4 heteroatoms. The molecule has 4 nitrogen and oxygen atoms in total. The Kier molecular flexibility index (Phi) is 2.34. The number of allylic oxidation sites excluding steroid dienone is 1. The molecule has 0 unspecified atom stereocenters. The average Bonchev–Trinajstić information content (AvgIpc) is 2.53. The van der Waals surface area contributed by atoms with Gasteiger partial charge in [-0.3, -0.25) is 0 Å². The fourth-order valence-corrected chi connectivity index (χ4v) is 1.79. The van der Waals surface area contributed by atoms with Gasteiger partial charge in [0.25, 0.3) is 0 Å². The van der Waals surface area contributed by atoms with E-state index in [2.05, 4.69) is 0 Å². The van der Waals surface area contributed by atoms with Gasteiger partial charge in [0.2, 0.25) is 0 Å². The summed E-state index contributed by atoms with van der Waals surface area (Å²) >= 11 is 0. The molecule has 0 spiro atoms. The number of cyclic esters (lactones) is 1. The number of rotatable bonds is 1. The second-order valence-electron chi connectivity index (χ2n) is 3.66. The van der Waals surface area contributed by atoms with Crippen LogP contribution in [0, 0.1) is 6.92 Å². The van der Waals surface area contributed by atoms with Crippen LogP contribution in [0.1, 0.15) is 34.8 Å². The number of esters is 1. The minimum Gasteiger partial charge on any atom is -0.504 e. The predicted octanol–water partition coefficient (Wildman–Crippen LogP) is 2.33. The summed E-state index contributed by atoms with van der Waals surface area (Å²) in [6.07, 6.45) is 2.49. The van der Waals surface area contributed by atoms with Crippen molar-refractivity contribution in [1.29, 1.82) is 0 Å². The van der Waals surface area contributed by atoms with Crippen LogP contribution in [0.2, 0.25) is 0 Å². The van der Waals surface area contributed by atoms with E-state index >= 15 is 0 Å². The van der Waals surface area contributed by atoms with Crippen molar-refractivity contribution in [2.45, 2.75) is 20.3 Å². The van der Waals surface area contributed by atoms with E-state index in [9.17, 15) is 15.0 Å². The molecule has 0 fully saturated rings. The van der Waals surface area contributed by atoms with E-state index in [1.165, 1.54) is 6.07 Å². The van der Waals surface area contributed by atoms with Gasteiger partial charge in [-0.1, -0.05) is 6.92 Å². The summed E-state index contributed by atoms with van der Waals surface area (Å²) < 4.78 is 5.06. The fraction of sp³-hybridized carbons (Fsp3) is 0.250. The van der Waals surface area contributed by atoms with Crippen LogP contribution in [0.5, 0.6) is 11.5 Å². The van der Waals surface area contributed by atoms with Crippen LogP contribution in [-0.4, -0.2) is 16.2 Å². The standard InChI is InChI=1S/C12H12O4/c1-3-4-9-7-5-8(13)11(14)6(2)10(7)12(15)16-9/h4-5,13-14H,3H2,1-2H3/b9-4-. The Morgan fingerprint density at radius 3 is 2.75 bits per heavy atom. The van der Waals surface area contributed by atoms with E-state index in [-0.39, 0.29) is 11.5 Å². The lowest BCUT2D eigenvalue weighted by Gasteiger charge is -2.05. The van der Waals surface area contributed by atoms with Gasteiger partial charge in [-0.25, -0.2) is 4.79 Å². The molecule has 0 saturated carbocycles. The van der Waals surface area contributed by atoms with Crippen molar-refractivity contribution in [3.8, 4) is 11.5 Å². The summed E-state index contributed by atoms with van der Waals surface area (Å²) in [6.45, 7) is 3.50. The first-order chi connectivity index (χ1) is 7.56. The van der Waals surface area contributed by atoms with E-state index in [0.29, 0.717) is 22.4 Å². The van der Waals surface area contributed by atoms with Crippen LogP contribution in [-0.2, 0) is 4.74 Å². The molecular weight excluding hydrogens is 208 g/mol. The Balaban J connectivity index is 2.71. The van der Waals surface area contributed by atoms with E-state index < -0.39 is 5.97 Å². The van der Waals surface area contributed by atoms with Gasteiger partial charge in [0, 0.05) is 11.1 Å². The third-order valence-corrected chi connectivity index (χ3v) is 2.58. The summed E-state index contributed by atoms with van der Waals surface area (Å²) in [4.78, 5) is 11.6. The Morgan fingerprint density at radius 2 is 2.12 bits per heavy atom. The van der Waals surface area contributed by atoms with Gasteiger partial charge in [0.15, 0.2) is 11.5 Å². The van der Waals surface area contributed by atoms with Gasteiger partial charge in [0.05, 0.1) is 5.56 Å². The highest BCUT2D eigenvalue weighted by molar-refractivity contribution is 6.05. The molecular formula is C12H12O4. The molecule has 0 saturated heterocycles. The van der Waals surface area contributed by atoms with Gasteiger partial charge in [-0.05, 0) is 25.5 Å². The maximum atomic E-state index is 11.6. The molecule has 0 bridgehead atoms. The first kappa shape index (κ1) is 10.5. The van der Waals surface area contributed by atoms with Crippen molar-refractivity contribution >= 4 is 11.7 Å². The summed E-state index contributed by atoms with van der Waals surface area (Å²) in [5.41, 5.74) is 1.22. The van der Waals surface area contributed by atoms with Crippen molar-refractivity contribution in [1.82, 2.24) is 0 Å². The SMILES string of the molecule is CC/C=C1\OC(=O)c2c1cc(O)c(O)c2C. The zero-order valence-corrected chi connectivity index (χ0v) is 9.07. The highest BCUT2D eigenvalue weighted by Gasteiger charge is 2.30. The lowest BCUT2D eigenvalue weighted by Crippen LogP contribution is -1.97. The molecule has 84 valence electrons. The minimum absolute atomic E-state index is 0.239. The summed E-state index contributed by atoms with van der Waals surface area (Å²) in [7, 11) is 0. The second-order valence-corrected chi connectivity index (χ2v) is 3.66. The molecule has 1 aliphatic rings. The molecule has 0 amide bonds. The van der Waals surface area contributed by atoms with Gasteiger partial charge in [-0.15, -0.1) is 0 Å². The number of hydrogen-bond donors (Lipinski definition) is 2. The van der Waals surface area contributed by atoms with E-state index in [1.54, 1.807) is 13.0 Å². The van der Waals surface area contributed by atoms with Crippen LogP contribution in [0.4, 0.5) is 0 Å². The Labute approximate surface area is 92.8 Å². The molecule has 0 radical (unpaired) electrons. The lowest BCUT2D eigenvalue weighted by molar-refractivity contribution is 0.0714. The normalized spacial score (nSPS) is 16.4. The third-order valence-electron chi connectivity index (χ3n) is 2.58. The zero-order valence-electron chi connectivity index (χ0n) is 9.07. The number of carbonyl (C=O) groups excluding carboxylic acids is 1. The van der Waals surface area contributed by atoms with Crippen molar-refractivity contribution in [2.75, 3.05) is 0 Å². The number of hydrogen-bond acceptors (Lipinski definition) is 4. The number of aromatic hydroxyl groups is 2. The average molecular weight is 220 g/mol. The molecule has 1 aromatic rings. The molecule has 0 aliphatic carbocycles.